The fourth-order valence-electron chi connectivity index (χ4n) is 0.493. The van der Waals surface area contributed by atoms with Crippen molar-refractivity contribution < 1.29 is 19.8 Å². The summed E-state index contributed by atoms with van der Waals surface area (Å²) in [5.74, 6) is -0.907. The van der Waals surface area contributed by atoms with Crippen LogP contribution in [-0.2, 0) is 9.63 Å². The van der Waals surface area contributed by atoms with E-state index in [2.05, 4.69) is 5.48 Å². The fraction of sp³-hybridized carbons (Fsp3) is 0.875. The van der Waals surface area contributed by atoms with Gasteiger partial charge in [-0.1, -0.05) is 13.8 Å². The monoisotopic (exact) mass is 191 g/mol. The van der Waals surface area contributed by atoms with Crippen LogP contribution >= 0.6 is 0 Å². The van der Waals surface area contributed by atoms with Crippen LogP contribution in [0.5, 0.6) is 0 Å². The maximum absolute atomic E-state index is 10.4. The number of nitrogens with one attached hydrogen (secondary N) is 1. The topological polar surface area (TPSA) is 78.8 Å². The third kappa shape index (κ3) is 5.57. The van der Waals surface area contributed by atoms with Crippen LogP contribution in [0.25, 0.3) is 0 Å². The minimum atomic E-state index is -1.78. The predicted octanol–water partition coefficient (Wildman–Crippen LogP) is -0.000800. The van der Waals surface area contributed by atoms with E-state index < -0.39 is 11.6 Å². The highest BCUT2D eigenvalue weighted by Gasteiger charge is 2.29. The molecule has 0 amide bonds. The van der Waals surface area contributed by atoms with Gasteiger partial charge in [0.2, 0.25) is 0 Å². The first kappa shape index (κ1) is 12.3. The van der Waals surface area contributed by atoms with Gasteiger partial charge in [-0.3, -0.25) is 0 Å². The van der Waals surface area contributed by atoms with Gasteiger partial charge in [0.05, 0.1) is 13.2 Å². The van der Waals surface area contributed by atoms with Crippen molar-refractivity contribution in [2.45, 2.75) is 26.4 Å². The van der Waals surface area contributed by atoms with E-state index in [9.17, 15) is 9.90 Å². The second-order valence-electron chi connectivity index (χ2n) is 3.60. The molecule has 0 spiro atoms. The third-order valence-electron chi connectivity index (χ3n) is 1.40. The molecule has 1 atom stereocenters. The van der Waals surface area contributed by atoms with Gasteiger partial charge in [-0.25, -0.2) is 4.79 Å². The Kier molecular flexibility index (Phi) is 4.90. The Labute approximate surface area is 77.7 Å². The lowest BCUT2D eigenvalue weighted by molar-refractivity contribution is -0.159. The Morgan fingerprint density at radius 2 is 2.15 bits per heavy atom. The van der Waals surface area contributed by atoms with E-state index in [1.54, 1.807) is 0 Å². The molecule has 0 rings (SSSR count). The number of rotatable bonds is 6. The van der Waals surface area contributed by atoms with E-state index >= 15 is 0 Å². The summed E-state index contributed by atoms with van der Waals surface area (Å²) in [6.45, 7) is 5.50. The zero-order valence-corrected chi connectivity index (χ0v) is 8.20. The zero-order valence-electron chi connectivity index (χ0n) is 8.20. The van der Waals surface area contributed by atoms with Crippen molar-refractivity contribution in [2.75, 3.05) is 13.2 Å². The SMILES string of the molecule is CC(C)CONCC(C)(O)C(=O)O. The Bertz CT molecular complexity index is 168. The zero-order chi connectivity index (χ0) is 10.5. The summed E-state index contributed by atoms with van der Waals surface area (Å²) in [4.78, 5) is 15.3. The Balaban J connectivity index is 3.58. The van der Waals surface area contributed by atoms with Crippen LogP contribution in [0.3, 0.4) is 0 Å². The van der Waals surface area contributed by atoms with Crippen molar-refractivity contribution in [2.24, 2.45) is 5.92 Å². The summed E-state index contributed by atoms with van der Waals surface area (Å²) in [5.41, 5.74) is 0.627. The third-order valence-corrected chi connectivity index (χ3v) is 1.40. The molecule has 0 aliphatic rings. The molecule has 3 N–H and O–H groups in total. The molecule has 0 saturated carbocycles. The molecule has 5 heteroatoms. The highest BCUT2D eigenvalue weighted by Crippen LogP contribution is 2.00. The maximum atomic E-state index is 10.4. The smallest absolute Gasteiger partial charge is 0.336 e. The van der Waals surface area contributed by atoms with E-state index in [1.165, 1.54) is 6.92 Å². The summed E-state index contributed by atoms with van der Waals surface area (Å²) < 4.78 is 0. The van der Waals surface area contributed by atoms with Crippen molar-refractivity contribution in [1.82, 2.24) is 5.48 Å². The van der Waals surface area contributed by atoms with E-state index in [0.717, 1.165) is 0 Å². The van der Waals surface area contributed by atoms with Crippen LogP contribution in [0.2, 0.25) is 0 Å². The Morgan fingerprint density at radius 3 is 2.54 bits per heavy atom. The summed E-state index contributed by atoms with van der Waals surface area (Å²) in [7, 11) is 0. The first-order valence-corrected chi connectivity index (χ1v) is 4.16. The highest BCUT2D eigenvalue weighted by molar-refractivity contribution is 5.76. The molecule has 1 unspecified atom stereocenters. The molecule has 0 aromatic heterocycles. The molecule has 0 fully saturated rings. The van der Waals surface area contributed by atoms with Gasteiger partial charge < -0.3 is 15.1 Å². The number of carboxylic acid groups (broad SMARTS) is 1. The second-order valence-corrected chi connectivity index (χ2v) is 3.60. The average molecular weight is 191 g/mol. The van der Waals surface area contributed by atoms with E-state index in [-0.39, 0.29) is 6.54 Å². The molecule has 0 radical (unpaired) electrons. The van der Waals surface area contributed by atoms with Gasteiger partial charge in [-0.05, 0) is 12.8 Å². The van der Waals surface area contributed by atoms with Crippen molar-refractivity contribution in [3.05, 3.63) is 0 Å². The van der Waals surface area contributed by atoms with Gasteiger partial charge in [-0.15, -0.1) is 0 Å². The predicted molar refractivity (Wildman–Crippen MR) is 47.1 cm³/mol. The molecule has 0 heterocycles. The van der Waals surface area contributed by atoms with Crippen molar-refractivity contribution in [3.63, 3.8) is 0 Å². The molecular weight excluding hydrogens is 174 g/mol. The first-order chi connectivity index (χ1) is 5.86. The van der Waals surface area contributed by atoms with Gasteiger partial charge in [0.15, 0.2) is 5.60 Å². The number of aliphatic hydroxyl groups is 1. The highest BCUT2D eigenvalue weighted by atomic mass is 16.6. The summed E-state index contributed by atoms with van der Waals surface area (Å²) in [6, 6.07) is 0. The van der Waals surface area contributed by atoms with E-state index in [0.29, 0.717) is 12.5 Å². The number of hydroxylamine groups is 1. The van der Waals surface area contributed by atoms with Crippen LogP contribution < -0.4 is 5.48 Å². The lowest BCUT2D eigenvalue weighted by Gasteiger charge is -2.18. The van der Waals surface area contributed by atoms with Crippen LogP contribution in [0.1, 0.15) is 20.8 Å². The molecule has 0 bridgehead atoms. The molecule has 13 heavy (non-hydrogen) atoms. The molecule has 5 nitrogen and oxygen atoms in total. The maximum Gasteiger partial charge on any atom is 0.336 e. The first-order valence-electron chi connectivity index (χ1n) is 4.16. The number of hydrogen-bond donors (Lipinski definition) is 3. The van der Waals surface area contributed by atoms with Gasteiger partial charge in [0.25, 0.3) is 0 Å². The largest absolute Gasteiger partial charge is 0.479 e. The number of carboxylic acids is 1. The fourth-order valence-corrected chi connectivity index (χ4v) is 0.493. The van der Waals surface area contributed by atoms with Gasteiger partial charge in [0.1, 0.15) is 0 Å². The van der Waals surface area contributed by atoms with Gasteiger partial charge >= 0.3 is 5.97 Å². The van der Waals surface area contributed by atoms with Crippen molar-refractivity contribution in [1.29, 1.82) is 0 Å². The van der Waals surface area contributed by atoms with E-state index in [4.69, 9.17) is 9.94 Å². The van der Waals surface area contributed by atoms with Crippen molar-refractivity contribution in [3.8, 4) is 0 Å². The molecule has 78 valence electrons. The summed E-state index contributed by atoms with van der Waals surface area (Å²) in [5, 5.41) is 17.7. The van der Waals surface area contributed by atoms with Crippen LogP contribution in [0.4, 0.5) is 0 Å². The number of carbonyl (C=O) groups is 1. The lowest BCUT2D eigenvalue weighted by Crippen LogP contribution is -2.45. The molecular formula is C8H17NO4. The minimum absolute atomic E-state index is 0.130. The van der Waals surface area contributed by atoms with Crippen molar-refractivity contribution >= 4 is 5.97 Å². The molecule has 0 aromatic carbocycles. The lowest BCUT2D eigenvalue weighted by atomic mass is 10.1. The molecule has 0 aliphatic carbocycles. The summed E-state index contributed by atoms with van der Waals surface area (Å²) >= 11 is 0. The van der Waals surface area contributed by atoms with Gasteiger partial charge in [-0.2, -0.15) is 5.48 Å². The number of aliphatic carboxylic acids is 1. The Morgan fingerprint density at radius 1 is 1.62 bits per heavy atom. The normalized spacial score (nSPS) is 15.8. The standard InChI is InChI=1S/C8H17NO4/c1-6(2)4-13-9-5-8(3,12)7(10)11/h6,9,12H,4-5H2,1-3H3,(H,10,11). The summed E-state index contributed by atoms with van der Waals surface area (Å²) in [6.07, 6.45) is 0. The Hall–Kier alpha value is -0.650. The quantitative estimate of drug-likeness (QED) is 0.407. The van der Waals surface area contributed by atoms with Crippen LogP contribution in [-0.4, -0.2) is 34.9 Å². The van der Waals surface area contributed by atoms with Crippen LogP contribution in [0.15, 0.2) is 0 Å². The molecule has 0 aromatic rings. The average Bonchev–Trinajstić information content (AvgIpc) is 1.97. The van der Waals surface area contributed by atoms with Crippen LogP contribution in [0, 0.1) is 5.92 Å². The number of hydrogen-bond acceptors (Lipinski definition) is 4. The second kappa shape index (κ2) is 5.16. The van der Waals surface area contributed by atoms with E-state index in [1.807, 2.05) is 13.8 Å². The minimum Gasteiger partial charge on any atom is -0.479 e. The van der Waals surface area contributed by atoms with Gasteiger partial charge in [0, 0.05) is 0 Å². The molecule has 0 aliphatic heterocycles. The molecule has 0 saturated heterocycles.